The third-order valence-corrected chi connectivity index (χ3v) is 4.23. The molecule has 1 heterocycles. The minimum atomic E-state index is -0.356. The molecule has 0 amide bonds. The Hall–Kier alpha value is -2.95. The van der Waals surface area contributed by atoms with E-state index in [1.165, 1.54) is 0 Å². The van der Waals surface area contributed by atoms with Crippen LogP contribution >= 0.6 is 0 Å². The van der Waals surface area contributed by atoms with Crippen molar-refractivity contribution in [1.82, 2.24) is 4.98 Å². The van der Waals surface area contributed by atoms with E-state index in [-0.39, 0.29) is 10.6 Å². The lowest BCUT2D eigenvalue weighted by atomic mass is 10.0. The summed E-state index contributed by atoms with van der Waals surface area (Å²) in [5.41, 5.74) is 3.53. The lowest BCUT2D eigenvalue weighted by Gasteiger charge is -2.13. The molecule has 24 heavy (non-hydrogen) atoms. The molecular weight excluding hydrogens is 304 g/mol. The zero-order valence-electron chi connectivity index (χ0n) is 13.9. The van der Waals surface area contributed by atoms with Gasteiger partial charge in [-0.05, 0) is 38.5 Å². The summed E-state index contributed by atoms with van der Waals surface area (Å²) < 4.78 is 6.01. The molecule has 0 fully saturated rings. The fourth-order valence-corrected chi connectivity index (χ4v) is 2.82. The van der Waals surface area contributed by atoms with Gasteiger partial charge in [0, 0.05) is 39.9 Å². The molecule has 0 N–H and O–H groups in total. The summed E-state index contributed by atoms with van der Waals surface area (Å²) in [6.45, 7) is 5.93. The summed E-state index contributed by atoms with van der Waals surface area (Å²) in [4.78, 5) is 15.1. The lowest BCUT2D eigenvalue weighted by Crippen LogP contribution is -2.04. The Balaban J connectivity index is 1.96. The number of nitro benzene ring substituents is 1. The van der Waals surface area contributed by atoms with Crippen molar-refractivity contribution in [3.63, 3.8) is 0 Å². The molecule has 0 aliphatic rings. The van der Waals surface area contributed by atoms with Crippen LogP contribution in [0.3, 0.4) is 0 Å². The molecule has 3 rings (SSSR count). The van der Waals surface area contributed by atoms with E-state index in [1.54, 1.807) is 19.1 Å². The summed E-state index contributed by atoms with van der Waals surface area (Å²) in [7, 11) is 0. The van der Waals surface area contributed by atoms with Crippen molar-refractivity contribution in [3.8, 4) is 5.75 Å². The number of ether oxygens (including phenoxy) is 1. The van der Waals surface area contributed by atoms with Crippen LogP contribution in [0.4, 0.5) is 5.69 Å². The van der Waals surface area contributed by atoms with E-state index < -0.39 is 0 Å². The smallest absolute Gasteiger partial charge is 0.272 e. The van der Waals surface area contributed by atoms with Crippen LogP contribution in [0, 0.1) is 30.9 Å². The van der Waals surface area contributed by atoms with E-state index in [0.717, 1.165) is 33.3 Å². The van der Waals surface area contributed by atoms with Gasteiger partial charge in [-0.2, -0.15) is 0 Å². The first-order valence-electron chi connectivity index (χ1n) is 7.69. The van der Waals surface area contributed by atoms with Crippen LogP contribution in [0.5, 0.6) is 5.75 Å². The highest BCUT2D eigenvalue weighted by Gasteiger charge is 2.16. The number of aryl methyl sites for hydroxylation is 2. The van der Waals surface area contributed by atoms with Gasteiger partial charge in [0.2, 0.25) is 0 Å². The average Bonchev–Trinajstić information content (AvgIpc) is 2.54. The Kier molecular flexibility index (Phi) is 4.16. The van der Waals surface area contributed by atoms with Gasteiger partial charge >= 0.3 is 0 Å². The SMILES string of the molecule is Cc1cc2c(OCc3c(C)ccc([N+](=O)[O-])c3C)cccc2cn1. The largest absolute Gasteiger partial charge is 0.488 e. The molecule has 5 nitrogen and oxygen atoms in total. The van der Waals surface area contributed by atoms with Gasteiger partial charge in [-0.25, -0.2) is 0 Å². The minimum absolute atomic E-state index is 0.122. The molecule has 0 atom stereocenters. The quantitative estimate of drug-likeness (QED) is 0.518. The summed E-state index contributed by atoms with van der Waals surface area (Å²) in [5.74, 6) is 0.753. The highest BCUT2D eigenvalue weighted by atomic mass is 16.6. The van der Waals surface area contributed by atoms with E-state index >= 15 is 0 Å². The number of fused-ring (bicyclic) bond motifs is 1. The molecule has 2 aromatic carbocycles. The van der Waals surface area contributed by atoms with E-state index in [9.17, 15) is 10.1 Å². The zero-order valence-corrected chi connectivity index (χ0v) is 13.9. The van der Waals surface area contributed by atoms with Gasteiger partial charge in [0.1, 0.15) is 12.4 Å². The van der Waals surface area contributed by atoms with Gasteiger partial charge in [-0.3, -0.25) is 15.1 Å². The molecule has 1 aromatic heterocycles. The molecule has 0 unspecified atom stereocenters. The van der Waals surface area contributed by atoms with Crippen LogP contribution in [0.1, 0.15) is 22.4 Å². The van der Waals surface area contributed by atoms with Gasteiger partial charge in [0.15, 0.2) is 0 Å². The summed E-state index contributed by atoms with van der Waals surface area (Å²) in [5, 5.41) is 13.1. The Morgan fingerprint density at radius 2 is 1.96 bits per heavy atom. The van der Waals surface area contributed by atoms with Crippen LogP contribution in [-0.4, -0.2) is 9.91 Å². The monoisotopic (exact) mass is 322 g/mol. The third kappa shape index (κ3) is 2.93. The standard InChI is InChI=1S/C19H18N2O3/c1-12-7-8-18(21(22)23)14(3)17(12)11-24-19-6-4-5-15-10-20-13(2)9-16(15)19/h4-10H,11H2,1-3H3. The molecule has 122 valence electrons. The maximum atomic E-state index is 11.1. The molecule has 0 spiro atoms. The molecule has 0 bridgehead atoms. The van der Waals surface area contributed by atoms with Crippen molar-refractivity contribution >= 4 is 16.5 Å². The molecule has 5 heteroatoms. The van der Waals surface area contributed by atoms with Crippen LogP contribution in [0.15, 0.2) is 42.6 Å². The van der Waals surface area contributed by atoms with Gasteiger partial charge < -0.3 is 4.74 Å². The summed E-state index contributed by atoms with van der Waals surface area (Å²) in [6, 6.07) is 11.1. The van der Waals surface area contributed by atoms with Crippen LogP contribution in [0.2, 0.25) is 0 Å². The number of hydrogen-bond donors (Lipinski definition) is 0. The molecular formula is C19H18N2O3. The Bertz CT molecular complexity index is 935. The van der Waals surface area contributed by atoms with Crippen molar-refractivity contribution in [2.24, 2.45) is 0 Å². The fourth-order valence-electron chi connectivity index (χ4n) is 2.82. The van der Waals surface area contributed by atoms with Crippen molar-refractivity contribution in [2.75, 3.05) is 0 Å². The molecule has 0 saturated heterocycles. The maximum absolute atomic E-state index is 11.1. The highest BCUT2D eigenvalue weighted by Crippen LogP contribution is 2.29. The van der Waals surface area contributed by atoms with E-state index in [0.29, 0.717) is 12.2 Å². The van der Waals surface area contributed by atoms with Gasteiger partial charge in [-0.1, -0.05) is 18.2 Å². The molecule has 3 aromatic rings. The highest BCUT2D eigenvalue weighted by molar-refractivity contribution is 5.87. The number of benzene rings is 2. The average molecular weight is 322 g/mol. The minimum Gasteiger partial charge on any atom is -0.488 e. The first kappa shape index (κ1) is 15.9. The number of rotatable bonds is 4. The molecule has 0 saturated carbocycles. The number of pyridine rings is 1. The number of nitro groups is 1. The van der Waals surface area contributed by atoms with Crippen LogP contribution in [-0.2, 0) is 6.61 Å². The summed E-state index contributed by atoms with van der Waals surface area (Å²) >= 11 is 0. The van der Waals surface area contributed by atoms with E-state index in [2.05, 4.69) is 4.98 Å². The molecule has 0 radical (unpaired) electrons. The van der Waals surface area contributed by atoms with Crippen LogP contribution < -0.4 is 4.74 Å². The zero-order chi connectivity index (χ0) is 17.3. The lowest BCUT2D eigenvalue weighted by molar-refractivity contribution is -0.385. The van der Waals surface area contributed by atoms with Gasteiger partial charge in [0.25, 0.3) is 5.69 Å². The molecule has 0 aliphatic heterocycles. The second kappa shape index (κ2) is 6.28. The predicted octanol–water partition coefficient (Wildman–Crippen LogP) is 4.65. The van der Waals surface area contributed by atoms with Crippen molar-refractivity contribution in [1.29, 1.82) is 0 Å². The van der Waals surface area contributed by atoms with Crippen molar-refractivity contribution < 1.29 is 9.66 Å². The van der Waals surface area contributed by atoms with Crippen LogP contribution in [0.25, 0.3) is 10.8 Å². The number of aromatic nitrogens is 1. The normalized spacial score (nSPS) is 10.8. The Morgan fingerprint density at radius 1 is 1.17 bits per heavy atom. The first-order chi connectivity index (χ1) is 11.5. The van der Waals surface area contributed by atoms with Gasteiger partial charge in [0.05, 0.1) is 4.92 Å². The summed E-state index contributed by atoms with van der Waals surface area (Å²) in [6.07, 6.45) is 1.82. The second-order valence-electron chi connectivity index (χ2n) is 5.85. The first-order valence-corrected chi connectivity index (χ1v) is 7.69. The van der Waals surface area contributed by atoms with Crippen molar-refractivity contribution in [3.05, 3.63) is 75.1 Å². The van der Waals surface area contributed by atoms with Gasteiger partial charge in [-0.15, -0.1) is 0 Å². The maximum Gasteiger partial charge on any atom is 0.272 e. The number of nitrogens with zero attached hydrogens (tertiary/aromatic N) is 2. The third-order valence-electron chi connectivity index (χ3n) is 4.23. The predicted molar refractivity (Wildman–Crippen MR) is 93.4 cm³/mol. The number of hydrogen-bond acceptors (Lipinski definition) is 4. The fraction of sp³-hybridized carbons (Fsp3) is 0.211. The van der Waals surface area contributed by atoms with Crippen molar-refractivity contribution in [2.45, 2.75) is 27.4 Å². The second-order valence-corrected chi connectivity index (χ2v) is 5.85. The molecule has 0 aliphatic carbocycles. The van der Waals surface area contributed by atoms with E-state index in [4.69, 9.17) is 4.74 Å². The Morgan fingerprint density at radius 3 is 2.71 bits per heavy atom. The van der Waals surface area contributed by atoms with E-state index in [1.807, 2.05) is 44.3 Å². The Labute approximate surface area is 140 Å². The topological polar surface area (TPSA) is 65.3 Å².